The van der Waals surface area contributed by atoms with Gasteiger partial charge in [0, 0.05) is 10.1 Å². The minimum absolute atomic E-state index is 0.262. The zero-order valence-corrected chi connectivity index (χ0v) is 12.4. The van der Waals surface area contributed by atoms with Crippen LogP contribution in [0, 0.1) is 11.6 Å². The lowest BCUT2D eigenvalue weighted by Crippen LogP contribution is -2.25. The Hall–Kier alpha value is -0.980. The largest absolute Gasteiger partial charge is 0.591 e. The molecule has 1 heterocycles. The van der Waals surface area contributed by atoms with Crippen molar-refractivity contribution in [3.8, 4) is 0 Å². The van der Waals surface area contributed by atoms with E-state index in [1.807, 2.05) is 0 Å². The van der Waals surface area contributed by atoms with E-state index in [-0.39, 0.29) is 4.88 Å². The third-order valence-electron chi connectivity index (χ3n) is 2.41. The van der Waals surface area contributed by atoms with Gasteiger partial charge in [0.1, 0.15) is 21.9 Å². The van der Waals surface area contributed by atoms with Crippen LogP contribution in [0.2, 0.25) is 0 Å². The van der Waals surface area contributed by atoms with E-state index in [1.54, 1.807) is 20.8 Å². The lowest BCUT2D eigenvalue weighted by Gasteiger charge is -2.17. The lowest BCUT2D eigenvalue weighted by atomic mass is 10.2. The van der Waals surface area contributed by atoms with Crippen molar-refractivity contribution in [2.75, 3.05) is 0 Å². The van der Waals surface area contributed by atoms with E-state index < -0.39 is 27.7 Å². The average Bonchev–Trinajstić information content (AvgIpc) is 2.61. The average molecular weight is 301 g/mol. The van der Waals surface area contributed by atoms with Gasteiger partial charge in [0.25, 0.3) is 0 Å². The second kappa shape index (κ2) is 5.19. The first kappa shape index (κ1) is 14.4. The minimum atomic E-state index is -1.44. The third kappa shape index (κ3) is 3.13. The summed E-state index contributed by atoms with van der Waals surface area (Å²) >= 11 is -0.345. The smallest absolute Gasteiger partial charge is 0.150 e. The van der Waals surface area contributed by atoms with E-state index in [9.17, 15) is 13.3 Å². The number of fused-ring (bicyclic) bond motifs is 1. The Labute approximate surface area is 117 Å². The summed E-state index contributed by atoms with van der Waals surface area (Å²) in [6.07, 6.45) is 1.26. The summed E-state index contributed by atoms with van der Waals surface area (Å²) in [5.41, 5.74) is 0. The first-order valence-corrected chi connectivity index (χ1v) is 7.55. The molecule has 2 nitrogen and oxygen atoms in total. The molecule has 0 fully saturated rings. The minimum Gasteiger partial charge on any atom is -0.591 e. The third-order valence-corrected chi connectivity index (χ3v) is 4.81. The van der Waals surface area contributed by atoms with E-state index in [0.29, 0.717) is 10.1 Å². The number of hydrogen-bond acceptors (Lipinski definition) is 3. The van der Waals surface area contributed by atoms with Crippen molar-refractivity contribution in [3.63, 3.8) is 0 Å². The zero-order chi connectivity index (χ0) is 14.2. The van der Waals surface area contributed by atoms with Crippen molar-refractivity contribution < 1.29 is 13.3 Å². The Morgan fingerprint density at radius 1 is 1.32 bits per heavy atom. The van der Waals surface area contributed by atoms with Gasteiger partial charge in [-0.15, -0.1) is 11.3 Å². The summed E-state index contributed by atoms with van der Waals surface area (Å²) in [5.74, 6) is -0.856. The predicted octanol–water partition coefficient (Wildman–Crippen LogP) is 4.06. The molecule has 0 aliphatic carbocycles. The number of rotatable bonds is 2. The summed E-state index contributed by atoms with van der Waals surface area (Å²) in [6, 6.07) is 3.89. The molecule has 0 aliphatic heterocycles. The molecule has 0 spiro atoms. The van der Waals surface area contributed by atoms with Crippen molar-refractivity contribution in [1.82, 2.24) is 0 Å². The first-order chi connectivity index (χ1) is 8.79. The molecule has 1 aromatic carbocycles. The van der Waals surface area contributed by atoms with Crippen LogP contribution in [0.3, 0.4) is 0 Å². The molecular formula is C13H13F2NOS2. The fraction of sp³-hybridized carbons (Fsp3) is 0.308. The SMILES string of the molecule is CC(C)(C)[S+]([O-])/N=C/c1sc2cc(F)ccc2c1F. The molecule has 6 heteroatoms. The van der Waals surface area contributed by atoms with Crippen LogP contribution in [0.5, 0.6) is 0 Å². The molecule has 19 heavy (non-hydrogen) atoms. The van der Waals surface area contributed by atoms with Gasteiger partial charge in [-0.05, 0) is 39.0 Å². The zero-order valence-electron chi connectivity index (χ0n) is 10.7. The number of nitrogens with zero attached hydrogens (tertiary/aromatic N) is 1. The van der Waals surface area contributed by atoms with Gasteiger partial charge in [-0.1, -0.05) is 4.40 Å². The van der Waals surface area contributed by atoms with E-state index in [0.717, 1.165) is 11.3 Å². The molecule has 102 valence electrons. The highest BCUT2D eigenvalue weighted by molar-refractivity contribution is 7.91. The van der Waals surface area contributed by atoms with Crippen LogP contribution in [0.15, 0.2) is 22.6 Å². The fourth-order valence-corrected chi connectivity index (χ4v) is 2.96. The number of benzene rings is 1. The Kier molecular flexibility index (Phi) is 3.94. The van der Waals surface area contributed by atoms with Gasteiger partial charge in [-0.2, -0.15) is 0 Å². The fourth-order valence-electron chi connectivity index (χ4n) is 1.39. The Bertz CT molecular complexity index is 631. The molecule has 2 aromatic rings. The molecule has 0 radical (unpaired) electrons. The predicted molar refractivity (Wildman–Crippen MR) is 77.2 cm³/mol. The molecule has 1 atom stereocenters. The summed E-state index contributed by atoms with van der Waals surface area (Å²) < 4.78 is 42.7. The molecule has 0 saturated heterocycles. The van der Waals surface area contributed by atoms with Crippen molar-refractivity contribution in [1.29, 1.82) is 0 Å². The van der Waals surface area contributed by atoms with E-state index in [4.69, 9.17) is 0 Å². The van der Waals surface area contributed by atoms with Gasteiger partial charge < -0.3 is 4.55 Å². The number of thiophene rings is 1. The summed E-state index contributed by atoms with van der Waals surface area (Å²) in [4.78, 5) is 0.262. The van der Waals surface area contributed by atoms with Gasteiger partial charge in [0.2, 0.25) is 0 Å². The first-order valence-electron chi connectivity index (χ1n) is 5.62. The maximum atomic E-state index is 14.0. The normalized spacial score (nSPS) is 14.4. The van der Waals surface area contributed by atoms with Gasteiger partial charge in [0.15, 0.2) is 5.82 Å². The standard InChI is InChI=1S/C13H13F2NOS2/c1-13(2,3)19(17)16-7-11-12(15)9-5-4-8(14)6-10(9)18-11/h4-7H,1-3H3/b16-7+. The molecule has 0 aliphatic rings. The van der Waals surface area contributed by atoms with Crippen LogP contribution in [0.4, 0.5) is 8.78 Å². The van der Waals surface area contributed by atoms with E-state index in [1.165, 1.54) is 24.4 Å². The van der Waals surface area contributed by atoms with Gasteiger partial charge in [-0.25, -0.2) is 8.78 Å². The Balaban J connectivity index is 2.36. The highest BCUT2D eigenvalue weighted by Gasteiger charge is 2.26. The second-order valence-corrected chi connectivity index (χ2v) is 8.03. The van der Waals surface area contributed by atoms with Crippen LogP contribution in [0.1, 0.15) is 25.6 Å². The van der Waals surface area contributed by atoms with E-state index >= 15 is 0 Å². The lowest BCUT2D eigenvalue weighted by molar-refractivity contribution is 0.562. The van der Waals surface area contributed by atoms with Crippen molar-refractivity contribution >= 4 is 39.0 Å². The summed E-state index contributed by atoms with van der Waals surface area (Å²) in [6.45, 7) is 5.37. The second-order valence-electron chi connectivity index (χ2n) is 5.02. The molecule has 0 N–H and O–H groups in total. The van der Waals surface area contributed by atoms with Crippen LogP contribution in [-0.4, -0.2) is 15.5 Å². The monoisotopic (exact) mass is 301 g/mol. The highest BCUT2D eigenvalue weighted by Crippen LogP contribution is 2.29. The molecule has 0 bridgehead atoms. The van der Waals surface area contributed by atoms with Crippen molar-refractivity contribution in [2.45, 2.75) is 25.5 Å². The van der Waals surface area contributed by atoms with Crippen molar-refractivity contribution in [3.05, 3.63) is 34.7 Å². The molecule has 0 saturated carbocycles. The van der Waals surface area contributed by atoms with Crippen molar-refractivity contribution in [2.24, 2.45) is 4.40 Å². The van der Waals surface area contributed by atoms with Crippen LogP contribution < -0.4 is 0 Å². The van der Waals surface area contributed by atoms with E-state index in [2.05, 4.69) is 4.40 Å². The topological polar surface area (TPSA) is 35.4 Å². The molecular weight excluding hydrogens is 288 g/mol. The number of halogens is 2. The molecule has 0 amide bonds. The van der Waals surface area contributed by atoms with Crippen LogP contribution >= 0.6 is 11.3 Å². The molecule has 2 rings (SSSR count). The summed E-state index contributed by atoms with van der Waals surface area (Å²) in [5, 5.41) is 0.356. The highest BCUT2D eigenvalue weighted by atomic mass is 32.2. The quantitative estimate of drug-likeness (QED) is 0.608. The van der Waals surface area contributed by atoms with Crippen LogP contribution in [0.25, 0.3) is 10.1 Å². The number of hydrogen-bond donors (Lipinski definition) is 0. The Morgan fingerprint density at radius 3 is 2.63 bits per heavy atom. The molecule has 1 aromatic heterocycles. The molecule has 1 unspecified atom stereocenters. The summed E-state index contributed by atoms with van der Waals surface area (Å²) in [7, 11) is 0. The maximum absolute atomic E-state index is 14.0. The van der Waals surface area contributed by atoms with Gasteiger partial charge in [0.05, 0.1) is 11.1 Å². The van der Waals surface area contributed by atoms with Crippen LogP contribution in [-0.2, 0) is 11.4 Å². The van der Waals surface area contributed by atoms with Gasteiger partial charge in [-0.3, -0.25) is 0 Å². The Morgan fingerprint density at radius 2 is 2.00 bits per heavy atom. The van der Waals surface area contributed by atoms with Gasteiger partial charge >= 0.3 is 0 Å². The maximum Gasteiger partial charge on any atom is 0.150 e.